The lowest BCUT2D eigenvalue weighted by molar-refractivity contribution is -0.112. The van der Waals surface area contributed by atoms with Gasteiger partial charge < -0.3 is 5.32 Å². The van der Waals surface area contributed by atoms with E-state index in [4.69, 9.17) is 0 Å². The molecule has 82 valence electrons. The van der Waals surface area contributed by atoms with Crippen molar-refractivity contribution in [1.29, 1.82) is 0 Å². The van der Waals surface area contributed by atoms with Crippen molar-refractivity contribution in [1.82, 2.24) is 4.98 Å². The average Bonchev–Trinajstić information content (AvgIpc) is 2.33. The number of allylic oxidation sites excluding steroid dienone is 2. The molecule has 1 N–H and O–H groups in total. The molecule has 1 aromatic heterocycles. The van der Waals surface area contributed by atoms with Gasteiger partial charge in [-0.3, -0.25) is 9.78 Å². The number of carbonyl (C=O) groups is 1. The zero-order valence-corrected chi connectivity index (χ0v) is 9.23. The van der Waals surface area contributed by atoms with Crippen LogP contribution in [0.2, 0.25) is 0 Å². The van der Waals surface area contributed by atoms with Crippen molar-refractivity contribution in [3.05, 3.63) is 47.8 Å². The van der Waals surface area contributed by atoms with Gasteiger partial charge in [-0.15, -0.1) is 0 Å². The third-order valence-electron chi connectivity index (χ3n) is 2.43. The van der Waals surface area contributed by atoms with Crippen LogP contribution < -0.4 is 5.32 Å². The molecule has 0 aromatic carbocycles. The fourth-order valence-corrected chi connectivity index (χ4v) is 1.53. The molecule has 1 heterocycles. The molecule has 2 rings (SSSR count). The molecule has 1 aliphatic carbocycles. The lowest BCUT2D eigenvalue weighted by Gasteiger charge is -2.08. The van der Waals surface area contributed by atoms with Crippen molar-refractivity contribution in [2.45, 2.75) is 19.8 Å². The first-order valence-corrected chi connectivity index (χ1v) is 5.36. The number of aromatic nitrogens is 1. The average molecular weight is 214 g/mol. The minimum absolute atomic E-state index is 0.0680. The molecule has 1 aliphatic rings. The molecule has 0 fully saturated rings. The number of amides is 1. The Labute approximate surface area is 94.9 Å². The number of anilines is 1. The van der Waals surface area contributed by atoms with E-state index in [-0.39, 0.29) is 5.91 Å². The zero-order valence-electron chi connectivity index (χ0n) is 9.23. The molecule has 0 spiro atoms. The maximum Gasteiger partial charge on any atom is 0.255 e. The Hall–Kier alpha value is -1.90. The SMILES string of the molecule is Cc1ccc(NC(=O)C2=CCCC=C2)cn1. The van der Waals surface area contributed by atoms with Gasteiger partial charge in [-0.05, 0) is 31.9 Å². The van der Waals surface area contributed by atoms with Gasteiger partial charge in [0.15, 0.2) is 0 Å². The molecule has 0 saturated carbocycles. The summed E-state index contributed by atoms with van der Waals surface area (Å²) in [5.41, 5.74) is 2.40. The minimum atomic E-state index is -0.0680. The topological polar surface area (TPSA) is 42.0 Å². The molecule has 3 nitrogen and oxygen atoms in total. The number of pyridine rings is 1. The maximum absolute atomic E-state index is 11.8. The molecule has 0 unspecified atom stereocenters. The van der Waals surface area contributed by atoms with Crippen LogP contribution in [0.5, 0.6) is 0 Å². The Morgan fingerprint density at radius 1 is 1.38 bits per heavy atom. The Balaban J connectivity index is 2.04. The second-order valence-corrected chi connectivity index (χ2v) is 3.78. The van der Waals surface area contributed by atoms with E-state index in [0.29, 0.717) is 0 Å². The molecule has 0 bridgehead atoms. The Morgan fingerprint density at radius 3 is 2.88 bits per heavy atom. The first-order valence-electron chi connectivity index (χ1n) is 5.36. The number of aryl methyl sites for hydroxylation is 1. The molecular formula is C13H14N2O. The van der Waals surface area contributed by atoms with Gasteiger partial charge in [-0.25, -0.2) is 0 Å². The number of hydrogen-bond donors (Lipinski definition) is 1. The number of hydrogen-bond acceptors (Lipinski definition) is 2. The van der Waals surface area contributed by atoms with E-state index in [2.05, 4.69) is 10.3 Å². The van der Waals surface area contributed by atoms with Gasteiger partial charge in [-0.1, -0.05) is 18.2 Å². The van der Waals surface area contributed by atoms with Crippen molar-refractivity contribution >= 4 is 11.6 Å². The summed E-state index contributed by atoms with van der Waals surface area (Å²) in [6.45, 7) is 1.91. The molecule has 1 amide bonds. The van der Waals surface area contributed by atoms with E-state index < -0.39 is 0 Å². The van der Waals surface area contributed by atoms with E-state index in [1.165, 1.54) is 0 Å². The van der Waals surface area contributed by atoms with Crippen molar-refractivity contribution in [3.63, 3.8) is 0 Å². The van der Waals surface area contributed by atoms with Crippen LogP contribution in [0, 0.1) is 6.92 Å². The number of nitrogens with one attached hydrogen (secondary N) is 1. The summed E-state index contributed by atoms with van der Waals surface area (Å²) in [6.07, 6.45) is 9.45. The summed E-state index contributed by atoms with van der Waals surface area (Å²) < 4.78 is 0. The van der Waals surface area contributed by atoms with Crippen LogP contribution in [-0.2, 0) is 4.79 Å². The predicted octanol–water partition coefficient (Wildman–Crippen LogP) is 2.60. The molecule has 0 aliphatic heterocycles. The van der Waals surface area contributed by atoms with E-state index in [1.54, 1.807) is 6.20 Å². The van der Waals surface area contributed by atoms with E-state index >= 15 is 0 Å². The summed E-state index contributed by atoms with van der Waals surface area (Å²) in [5.74, 6) is -0.0680. The first-order chi connectivity index (χ1) is 7.75. The highest BCUT2D eigenvalue weighted by atomic mass is 16.1. The van der Waals surface area contributed by atoms with Crippen LogP contribution in [0.3, 0.4) is 0 Å². The summed E-state index contributed by atoms with van der Waals surface area (Å²) in [7, 11) is 0. The summed E-state index contributed by atoms with van der Waals surface area (Å²) in [4.78, 5) is 15.9. The molecule has 1 aromatic rings. The highest BCUT2D eigenvalue weighted by Gasteiger charge is 2.08. The van der Waals surface area contributed by atoms with Crippen LogP contribution in [0.15, 0.2) is 42.1 Å². The first kappa shape index (κ1) is 10.6. The highest BCUT2D eigenvalue weighted by Crippen LogP contribution is 2.13. The fourth-order valence-electron chi connectivity index (χ4n) is 1.53. The van der Waals surface area contributed by atoms with Gasteiger partial charge in [-0.2, -0.15) is 0 Å². The van der Waals surface area contributed by atoms with Gasteiger partial charge in [0.05, 0.1) is 11.9 Å². The standard InChI is InChI=1S/C13H14N2O/c1-10-7-8-12(9-14-10)15-13(16)11-5-3-2-4-6-11/h3,5-9H,2,4H2,1H3,(H,15,16). The van der Waals surface area contributed by atoms with Gasteiger partial charge in [0.25, 0.3) is 5.91 Å². The largest absolute Gasteiger partial charge is 0.321 e. The fraction of sp³-hybridized carbons (Fsp3) is 0.231. The monoisotopic (exact) mass is 214 g/mol. The molecule has 0 radical (unpaired) electrons. The summed E-state index contributed by atoms with van der Waals surface area (Å²) >= 11 is 0. The Bertz CT molecular complexity index is 444. The molecule has 16 heavy (non-hydrogen) atoms. The highest BCUT2D eigenvalue weighted by molar-refractivity contribution is 6.05. The molecular weight excluding hydrogens is 200 g/mol. The zero-order chi connectivity index (χ0) is 11.4. The van der Waals surface area contributed by atoms with Gasteiger partial charge in [0.1, 0.15) is 0 Å². The van der Waals surface area contributed by atoms with E-state index in [9.17, 15) is 4.79 Å². The smallest absolute Gasteiger partial charge is 0.255 e. The molecule has 0 saturated heterocycles. The van der Waals surface area contributed by atoms with Crippen LogP contribution >= 0.6 is 0 Å². The second kappa shape index (κ2) is 4.75. The van der Waals surface area contributed by atoms with Crippen molar-refractivity contribution < 1.29 is 4.79 Å². The number of nitrogens with zero attached hydrogens (tertiary/aromatic N) is 1. The number of carbonyl (C=O) groups excluding carboxylic acids is 1. The van der Waals surface area contributed by atoms with E-state index in [1.807, 2.05) is 37.3 Å². The minimum Gasteiger partial charge on any atom is -0.321 e. The van der Waals surface area contributed by atoms with Crippen LogP contribution in [0.25, 0.3) is 0 Å². The Morgan fingerprint density at radius 2 is 2.25 bits per heavy atom. The van der Waals surface area contributed by atoms with Crippen molar-refractivity contribution in [3.8, 4) is 0 Å². The van der Waals surface area contributed by atoms with Gasteiger partial charge in [0.2, 0.25) is 0 Å². The number of rotatable bonds is 2. The van der Waals surface area contributed by atoms with Crippen LogP contribution in [0.1, 0.15) is 18.5 Å². The summed E-state index contributed by atoms with van der Waals surface area (Å²) in [5, 5.41) is 2.82. The molecule has 3 heteroatoms. The summed E-state index contributed by atoms with van der Waals surface area (Å²) in [6, 6.07) is 3.73. The molecule has 0 atom stereocenters. The predicted molar refractivity (Wildman–Crippen MR) is 64.1 cm³/mol. The van der Waals surface area contributed by atoms with Crippen molar-refractivity contribution in [2.24, 2.45) is 0 Å². The quantitative estimate of drug-likeness (QED) is 0.822. The third-order valence-corrected chi connectivity index (χ3v) is 2.43. The van der Waals surface area contributed by atoms with Crippen molar-refractivity contribution in [2.75, 3.05) is 5.32 Å². The van der Waals surface area contributed by atoms with Gasteiger partial charge in [0, 0.05) is 11.3 Å². The van der Waals surface area contributed by atoms with Crippen LogP contribution in [0.4, 0.5) is 5.69 Å². The normalized spacial score (nSPS) is 14.4. The maximum atomic E-state index is 11.8. The van der Waals surface area contributed by atoms with E-state index in [0.717, 1.165) is 29.8 Å². The van der Waals surface area contributed by atoms with Crippen LogP contribution in [-0.4, -0.2) is 10.9 Å². The third kappa shape index (κ3) is 2.57. The lowest BCUT2D eigenvalue weighted by atomic mass is 10.1. The van der Waals surface area contributed by atoms with Gasteiger partial charge >= 0.3 is 0 Å². The Kier molecular flexibility index (Phi) is 3.15. The lowest BCUT2D eigenvalue weighted by Crippen LogP contribution is -2.14. The second-order valence-electron chi connectivity index (χ2n) is 3.78.